The molecule has 19 atom stereocenters. The van der Waals surface area contributed by atoms with Crippen molar-refractivity contribution in [1.29, 1.82) is 0 Å². The molecule has 30 nitrogen and oxygen atoms in total. The van der Waals surface area contributed by atoms with Crippen LogP contribution in [0.25, 0.3) is 0 Å². The Balaban J connectivity index is 1.02. The predicted octanol–water partition coefficient (Wildman–Crippen LogP) is 4.74. The number of carbonyl (C=O) groups excluding carboxylic acids is 6. The SMILES string of the molecule is CCN(C(C)=O)C1COC(OC2C(O[C@H]3C#C/C=C\C#C[C@]4(O)CC(=O)C(NC(=O)OC)=C3/C4=C\CSSC(C)(C)CC(=O)N/N=C(\C)c3ccc(OCCC[C](=O)[Al])cc3)OC(C)C(NOC3CC(O)C(SC(=O)c4c(C)c(I)c(OC5OC(C)C(O)C(OC)C5O)c(OC)c4OC)C(C)O3)C2O)CC1OC. The smallest absolute Gasteiger partial charge is 0.411 e. The molecule has 0 spiro atoms. The van der Waals surface area contributed by atoms with Crippen LogP contribution in [0, 0.1) is 34.2 Å². The molecule has 35 heteroatoms. The number of ketones is 1. The molecule has 8 N–H and O–H groups in total. The Bertz CT molecular complexity index is 3800. The highest BCUT2D eigenvalue weighted by atomic mass is 127. The first-order valence-corrected chi connectivity index (χ1v) is 39.7. The Morgan fingerprint density at radius 1 is 0.870 bits per heavy atom. The van der Waals surface area contributed by atoms with Gasteiger partial charge < -0.3 is 96.8 Å². The number of amides is 3. The molecule has 17 unspecified atom stereocenters. The van der Waals surface area contributed by atoms with Crippen LogP contribution in [0.3, 0.4) is 0 Å². The number of fused-ring (bicyclic) bond motifs is 2. The summed E-state index contributed by atoms with van der Waals surface area (Å²) in [6, 6.07) is 5.46. The number of carbonyl (C=O) groups is 6. The number of benzene rings is 2. The van der Waals surface area contributed by atoms with Gasteiger partial charge in [-0.25, -0.2) is 10.2 Å². The van der Waals surface area contributed by atoms with Gasteiger partial charge in [-0.3, -0.25) is 29.3 Å². The number of methoxy groups -OCH3 is 5. The van der Waals surface area contributed by atoms with Gasteiger partial charge in [-0.2, -0.15) is 10.6 Å². The Morgan fingerprint density at radius 2 is 1.57 bits per heavy atom. The Kier molecular flexibility index (Phi) is 32.9. The first kappa shape index (κ1) is 88.2. The van der Waals surface area contributed by atoms with Gasteiger partial charge in [0, 0.05) is 73.2 Å². The van der Waals surface area contributed by atoms with Crippen LogP contribution in [0.1, 0.15) is 115 Å². The van der Waals surface area contributed by atoms with Crippen molar-refractivity contribution in [3.8, 4) is 46.7 Å². The van der Waals surface area contributed by atoms with Crippen LogP contribution in [-0.2, 0) is 66.6 Å². The number of halogens is 1. The zero-order chi connectivity index (χ0) is 79.1. The first-order chi connectivity index (χ1) is 51.3. The fourth-order valence-electron chi connectivity index (χ4n) is 13.0. The summed E-state index contributed by atoms with van der Waals surface area (Å²) in [6.45, 7) is 16.0. The molecule has 590 valence electrons. The Morgan fingerprint density at radius 3 is 2.22 bits per heavy atom. The lowest BCUT2D eigenvalue weighted by Crippen LogP contribution is -2.65. The van der Waals surface area contributed by atoms with Gasteiger partial charge in [0.1, 0.15) is 42.4 Å². The van der Waals surface area contributed by atoms with E-state index < -0.39 is 143 Å². The maximum absolute atomic E-state index is 14.6. The van der Waals surface area contributed by atoms with Gasteiger partial charge in [0.25, 0.3) is 0 Å². The molecular weight excluding hydrogens is 1600 g/mol. The summed E-state index contributed by atoms with van der Waals surface area (Å²) in [5.41, 5.74) is 4.64. The largest absolute Gasteiger partial charge is 0.494 e. The number of hydrazone groups is 1. The minimum Gasteiger partial charge on any atom is -0.494 e. The van der Waals surface area contributed by atoms with E-state index in [1.165, 1.54) is 69.1 Å². The first-order valence-electron chi connectivity index (χ1n) is 34.9. The lowest BCUT2D eigenvalue weighted by molar-refractivity contribution is -0.337. The molecule has 2 aromatic rings. The number of hydrogen-bond donors (Lipinski definition) is 8. The highest BCUT2D eigenvalue weighted by Gasteiger charge is 2.53. The molecule has 8 rings (SSSR count). The third-order valence-electron chi connectivity index (χ3n) is 18.6. The number of rotatable bonds is 31. The molecule has 4 fully saturated rings. The number of likely N-dealkylation sites (N-methyl/N-ethyl adjacent to an activating group) is 1. The molecule has 0 aromatic heterocycles. The van der Waals surface area contributed by atoms with Gasteiger partial charge in [0.15, 0.2) is 41.8 Å². The van der Waals surface area contributed by atoms with Crippen molar-refractivity contribution in [2.45, 2.75) is 221 Å². The third-order valence-corrected chi connectivity index (χ3v) is 24.7. The highest BCUT2D eigenvalue weighted by molar-refractivity contribution is 14.1. The van der Waals surface area contributed by atoms with Gasteiger partial charge in [-0.05, 0) is 138 Å². The van der Waals surface area contributed by atoms with Crippen molar-refractivity contribution in [1.82, 2.24) is 21.1 Å². The number of nitrogens with zero attached hydrogens (tertiary/aromatic N) is 2. The molecule has 108 heavy (non-hydrogen) atoms. The third kappa shape index (κ3) is 22.1. The summed E-state index contributed by atoms with van der Waals surface area (Å²) in [7, 11) is 9.30. The van der Waals surface area contributed by atoms with Crippen LogP contribution >= 0.6 is 55.9 Å². The van der Waals surface area contributed by atoms with E-state index >= 15 is 0 Å². The van der Waals surface area contributed by atoms with Crippen molar-refractivity contribution in [2.24, 2.45) is 5.10 Å². The fraction of sp³-hybridized carbons (Fsp3) is 0.603. The van der Waals surface area contributed by atoms with E-state index in [9.17, 15) is 54.3 Å². The van der Waals surface area contributed by atoms with Crippen LogP contribution in [0.2, 0.25) is 0 Å². The van der Waals surface area contributed by atoms with Crippen LogP contribution in [0.5, 0.6) is 23.0 Å². The van der Waals surface area contributed by atoms with E-state index in [-0.39, 0.29) is 87.7 Å². The molecule has 4 aliphatic heterocycles. The summed E-state index contributed by atoms with van der Waals surface area (Å²) in [6.07, 6.45) is -14.9. The topological polar surface area (TPSA) is 384 Å². The van der Waals surface area contributed by atoms with Crippen molar-refractivity contribution in [3.63, 3.8) is 0 Å². The average Bonchev–Trinajstić information content (AvgIpc) is 0.755. The number of thioether (sulfide) groups is 1. The second-order valence-corrected chi connectivity index (χ2v) is 32.7. The molecular formula is C73H95AlIN5O25S3. The maximum Gasteiger partial charge on any atom is 0.411 e. The monoisotopic (exact) mass is 1690 g/mol. The number of ether oxygens (including phenoxy) is 13. The lowest BCUT2D eigenvalue weighted by Gasteiger charge is -2.47. The zero-order valence-electron chi connectivity index (χ0n) is 62.5. The van der Waals surface area contributed by atoms with Gasteiger partial charge in [0.05, 0.1) is 109 Å². The maximum atomic E-state index is 14.6. The van der Waals surface area contributed by atoms with E-state index in [1.807, 2.05) is 55.5 Å². The molecule has 2 bridgehead atoms. The van der Waals surface area contributed by atoms with E-state index in [0.717, 1.165) is 24.4 Å². The molecule has 0 saturated carbocycles. The molecule has 3 amide bonds. The number of allylic oxidation sites excluding steroid dienone is 3. The van der Waals surface area contributed by atoms with E-state index in [1.54, 1.807) is 57.7 Å². The number of aliphatic hydroxyl groups excluding tert-OH is 4. The summed E-state index contributed by atoms with van der Waals surface area (Å²) in [5, 5.41) is 64.6. The van der Waals surface area contributed by atoms with E-state index in [2.05, 4.69) is 61.3 Å². The summed E-state index contributed by atoms with van der Waals surface area (Å²) in [4.78, 5) is 87.7. The van der Waals surface area contributed by atoms with Gasteiger partial charge in [0.2, 0.25) is 45.3 Å². The predicted molar refractivity (Wildman–Crippen MR) is 406 cm³/mol. The normalized spacial score (nSPS) is 30.7. The second kappa shape index (κ2) is 40.4. The van der Waals surface area contributed by atoms with Crippen molar-refractivity contribution in [2.75, 3.05) is 61.1 Å². The fourth-order valence-corrected chi connectivity index (χ4v) is 17.4. The van der Waals surface area contributed by atoms with Crippen LogP contribution in [0.15, 0.2) is 64.4 Å². The lowest BCUT2D eigenvalue weighted by atomic mass is 9.75. The number of aliphatic hydroxyl groups is 5. The van der Waals surface area contributed by atoms with Crippen molar-refractivity contribution >= 4 is 111 Å². The summed E-state index contributed by atoms with van der Waals surface area (Å²) in [5.74, 6) is 11.0. The Labute approximate surface area is 662 Å². The summed E-state index contributed by atoms with van der Waals surface area (Å²) < 4.78 is 78.3. The van der Waals surface area contributed by atoms with E-state index in [0.29, 0.717) is 46.6 Å². The minimum atomic E-state index is -2.23. The molecule has 2 aliphatic carbocycles. The van der Waals surface area contributed by atoms with Gasteiger partial charge in [-0.15, -0.1) is 0 Å². The number of nitrogens with one attached hydrogen (secondary N) is 3. The quantitative estimate of drug-likeness (QED) is 0.00961. The van der Waals surface area contributed by atoms with Crippen molar-refractivity contribution in [3.05, 3.63) is 79.6 Å². The van der Waals surface area contributed by atoms with Gasteiger partial charge >= 0.3 is 6.09 Å². The second-order valence-electron chi connectivity index (χ2n) is 26.7. The number of alkyl carbamates (subject to hydrolysis) is 1. The number of hydroxylamine groups is 1. The number of hydrogen-bond acceptors (Lipinski definition) is 30. The summed E-state index contributed by atoms with van der Waals surface area (Å²) >= 11 is 4.93. The van der Waals surface area contributed by atoms with Crippen LogP contribution in [0.4, 0.5) is 4.79 Å². The Hall–Kier alpha value is -5.42. The number of Topliss-reactive ketones (excluding diaryl/α,β-unsaturated/α-hetero) is 1. The molecule has 2 aromatic carbocycles. The van der Waals surface area contributed by atoms with Crippen LogP contribution < -0.4 is 35.2 Å². The van der Waals surface area contributed by atoms with Gasteiger partial charge in [-0.1, -0.05) is 63.1 Å². The average molecular weight is 1690 g/mol. The standard InChI is InChI=1S/C73H95IN5O25S3.Al/c1-15-79(42(7)81)46-36-97-52(33-50(46)91-10)102-65-60(86)57(78-104-53-32-47(82)67(41(6)98-53)106-68(88)54-37(2)56(74)63(66(94-13)62(54)92-11)103-69-61(87)64(93-12)59(85)40(5)100-69)39(4)99-70(65)101-49-22-18-16-17-19-28-73(90)34-48(83)58(75-71(89)95-14)55(49)45(73)27-31-105-107-72(8,9)35-51(84)77-76-38(3)43-23-25-44(26-24-43)96-30-21-20-29-80;/h16-17,23-27,39-41,46-47,49-50,52-53,57,59-61,64-65,67,69-70,78,82,85-87,90H,15,20-21,30-36H2,1-14H3,(H,75,89)(H,77,84);/b17-16-,45-27+,76-38+;/t39?,40?,41?,46?,47?,49-,50?,52?,53?,57?,59?,60?,61?,64?,65?,67?,69?,70?,73-;/m0./s1. The molecule has 4 heterocycles. The van der Waals surface area contributed by atoms with E-state index in [4.69, 9.17) is 66.4 Å². The molecule has 4 saturated heterocycles. The highest BCUT2D eigenvalue weighted by Crippen LogP contribution is 2.49. The minimum absolute atomic E-state index is 0.00224. The molecule has 6 aliphatic rings. The molecule has 2 radical (unpaired) electrons. The van der Waals surface area contributed by atoms with Crippen molar-refractivity contribution < 1.29 is 121 Å². The van der Waals surface area contributed by atoms with Crippen LogP contribution in [-0.4, -0.2) is 267 Å². The zero-order valence-corrected chi connectivity index (χ0v) is 68.2.